The number of sulfonamides is 1. The number of nitriles is 1. The molecule has 17 heteroatoms. The number of alkyl halides is 2. The Morgan fingerprint density at radius 3 is 2.55 bits per heavy atom. The summed E-state index contributed by atoms with van der Waals surface area (Å²) >= 11 is 0. The predicted molar refractivity (Wildman–Crippen MR) is 196 cm³/mol. The summed E-state index contributed by atoms with van der Waals surface area (Å²) in [4.78, 5) is 37.3. The van der Waals surface area contributed by atoms with Gasteiger partial charge in [-0.25, -0.2) is 27.0 Å². The van der Waals surface area contributed by atoms with Gasteiger partial charge in [0.2, 0.25) is 5.88 Å². The fourth-order valence-corrected chi connectivity index (χ4v) is 9.94. The highest BCUT2D eigenvalue weighted by Gasteiger charge is 2.60. The fourth-order valence-electron chi connectivity index (χ4n) is 8.34. The van der Waals surface area contributed by atoms with Crippen LogP contribution in [0.5, 0.6) is 17.4 Å². The van der Waals surface area contributed by atoms with Crippen LogP contribution in [0.25, 0.3) is 0 Å². The molecular formula is C38H43F2N7O7S. The standard InChI is InChI=1S/C38H43F2N7O7S/c1-4-54-34-28(6-5-14-43-34)38(44-36(49)45-22-25(23-45)31-20-37(39,40)13-17-46(31)26-11-15-42-16-12-26)29-18-24(21-41)7-9-30(29)47(35(38)48)55(50,51)33-10-8-27(52-2)19-32(33)53-3/h5-10,14,18-19,25-26,31,42H,4,11-13,15-17,20,22-23H2,1-3H3,(H,44,49)/t31-,38?/m0/s1. The molecule has 2 aromatic carbocycles. The molecule has 1 unspecified atom stereocenters. The van der Waals surface area contributed by atoms with Crippen molar-refractivity contribution in [2.45, 2.75) is 61.0 Å². The number of halogens is 2. The van der Waals surface area contributed by atoms with Gasteiger partial charge in [-0.3, -0.25) is 9.69 Å². The van der Waals surface area contributed by atoms with E-state index in [9.17, 15) is 27.3 Å². The number of fused-ring (bicyclic) bond motifs is 1. The van der Waals surface area contributed by atoms with Crippen LogP contribution in [0.15, 0.2) is 59.6 Å². The first-order valence-electron chi connectivity index (χ1n) is 18.2. The molecule has 14 nitrogen and oxygen atoms in total. The lowest BCUT2D eigenvalue weighted by molar-refractivity contribution is -0.122. The molecule has 2 N–H and O–H groups in total. The van der Waals surface area contributed by atoms with Crippen molar-refractivity contribution in [1.29, 1.82) is 5.26 Å². The number of pyridine rings is 1. The van der Waals surface area contributed by atoms with Gasteiger partial charge in [-0.1, -0.05) is 0 Å². The van der Waals surface area contributed by atoms with E-state index in [1.165, 1.54) is 73.8 Å². The van der Waals surface area contributed by atoms with Crippen LogP contribution in [-0.2, 0) is 20.4 Å². The second-order valence-corrected chi connectivity index (χ2v) is 15.9. The number of likely N-dealkylation sites (tertiary alicyclic amines) is 2. The molecule has 3 aromatic rings. The van der Waals surface area contributed by atoms with E-state index < -0.39 is 39.5 Å². The van der Waals surface area contributed by atoms with Crippen LogP contribution >= 0.6 is 0 Å². The van der Waals surface area contributed by atoms with Gasteiger partial charge in [-0.15, -0.1) is 0 Å². The number of methoxy groups -OCH3 is 2. The Kier molecular flexibility index (Phi) is 10.3. The van der Waals surface area contributed by atoms with E-state index in [4.69, 9.17) is 14.2 Å². The largest absolute Gasteiger partial charge is 0.497 e. The minimum absolute atomic E-state index is 0.00372. The number of hydrogen-bond acceptors (Lipinski definition) is 11. The molecule has 3 saturated heterocycles. The molecule has 0 spiro atoms. The van der Waals surface area contributed by atoms with Crippen LogP contribution in [-0.4, -0.2) is 107 Å². The number of aromatic nitrogens is 1. The van der Waals surface area contributed by atoms with Gasteiger partial charge in [0, 0.05) is 68.3 Å². The maximum Gasteiger partial charge on any atom is 0.318 e. The lowest BCUT2D eigenvalue weighted by Crippen LogP contribution is -2.66. The van der Waals surface area contributed by atoms with E-state index in [0.717, 1.165) is 25.9 Å². The van der Waals surface area contributed by atoms with Crippen molar-refractivity contribution in [2.75, 3.05) is 57.9 Å². The van der Waals surface area contributed by atoms with Crippen LogP contribution in [0.1, 0.15) is 49.3 Å². The molecule has 5 heterocycles. The number of benzene rings is 2. The van der Waals surface area contributed by atoms with Gasteiger partial charge in [-0.2, -0.15) is 9.57 Å². The SMILES string of the molecule is CCOc1ncccc1C1(NC(=O)N2CC([C@@H]3CC(F)(F)CCN3C3CCNCC3)C2)C(=O)N(S(=O)(=O)c2ccc(OC)cc2OC)c2ccc(C#N)cc21. The van der Waals surface area contributed by atoms with E-state index in [1.807, 2.05) is 6.07 Å². The van der Waals surface area contributed by atoms with Crippen molar-refractivity contribution in [3.63, 3.8) is 0 Å². The summed E-state index contributed by atoms with van der Waals surface area (Å²) in [6, 6.07) is 12.1. The van der Waals surface area contributed by atoms with Crippen LogP contribution in [0.2, 0.25) is 0 Å². The molecule has 292 valence electrons. The summed E-state index contributed by atoms with van der Waals surface area (Å²) < 4.78 is 76.2. The quantitative estimate of drug-likeness (QED) is 0.307. The number of anilines is 1. The van der Waals surface area contributed by atoms with E-state index >= 15 is 4.79 Å². The minimum atomic E-state index is -4.78. The molecule has 3 fully saturated rings. The Bertz CT molecular complexity index is 2120. The predicted octanol–water partition coefficient (Wildman–Crippen LogP) is 3.84. The monoisotopic (exact) mass is 779 g/mol. The number of rotatable bonds is 10. The normalized spacial score (nSPS) is 23.1. The first-order valence-corrected chi connectivity index (χ1v) is 19.7. The molecule has 1 aromatic heterocycles. The molecule has 3 amide bonds. The molecule has 0 bridgehead atoms. The van der Waals surface area contributed by atoms with Crippen molar-refractivity contribution in [1.82, 2.24) is 25.4 Å². The molecule has 0 radical (unpaired) electrons. The van der Waals surface area contributed by atoms with Gasteiger partial charge >= 0.3 is 6.03 Å². The summed E-state index contributed by atoms with van der Waals surface area (Å²) in [5.41, 5.74) is -2.26. The second-order valence-electron chi connectivity index (χ2n) is 14.2. The van der Waals surface area contributed by atoms with Gasteiger partial charge in [0.1, 0.15) is 16.4 Å². The highest BCUT2D eigenvalue weighted by molar-refractivity contribution is 7.93. The molecule has 4 aliphatic heterocycles. The van der Waals surface area contributed by atoms with Crippen molar-refractivity contribution in [3.05, 3.63) is 71.4 Å². The van der Waals surface area contributed by atoms with Gasteiger partial charge in [0.05, 0.1) is 43.7 Å². The maximum atomic E-state index is 15.2. The fraction of sp³-hybridized carbons (Fsp3) is 0.474. The molecule has 4 aliphatic rings. The van der Waals surface area contributed by atoms with Crippen LogP contribution in [0, 0.1) is 17.2 Å². The Morgan fingerprint density at radius 1 is 1.09 bits per heavy atom. The first-order chi connectivity index (χ1) is 26.4. The number of hydrogen-bond donors (Lipinski definition) is 2. The number of nitrogens with zero attached hydrogens (tertiary/aromatic N) is 5. The third kappa shape index (κ3) is 6.70. The van der Waals surface area contributed by atoms with E-state index in [1.54, 1.807) is 6.92 Å². The number of carbonyl (C=O) groups is 2. The summed E-state index contributed by atoms with van der Waals surface area (Å²) in [7, 11) is -2.09. The Hall–Kier alpha value is -5.05. The molecule has 7 rings (SSSR count). The topological polar surface area (TPSA) is 166 Å². The van der Waals surface area contributed by atoms with Crippen molar-refractivity contribution >= 4 is 27.6 Å². The number of urea groups is 1. The lowest BCUT2D eigenvalue weighted by atomic mass is 9.81. The smallest absolute Gasteiger partial charge is 0.318 e. The molecular weight excluding hydrogens is 737 g/mol. The van der Waals surface area contributed by atoms with Crippen LogP contribution in [0.3, 0.4) is 0 Å². The second kappa shape index (κ2) is 14.9. The van der Waals surface area contributed by atoms with Crippen molar-refractivity contribution < 1.29 is 41.0 Å². The van der Waals surface area contributed by atoms with Crippen molar-refractivity contribution in [2.24, 2.45) is 5.92 Å². The maximum absolute atomic E-state index is 15.2. The first kappa shape index (κ1) is 38.2. The Balaban J connectivity index is 1.29. The summed E-state index contributed by atoms with van der Waals surface area (Å²) in [5.74, 6) is -3.99. The molecule has 2 atom stereocenters. The zero-order valence-electron chi connectivity index (χ0n) is 30.8. The highest BCUT2D eigenvalue weighted by Crippen LogP contribution is 2.50. The number of piperidine rings is 2. The average molecular weight is 780 g/mol. The third-order valence-electron chi connectivity index (χ3n) is 11.1. The van der Waals surface area contributed by atoms with Crippen LogP contribution in [0.4, 0.5) is 19.3 Å². The zero-order valence-corrected chi connectivity index (χ0v) is 31.6. The number of carbonyl (C=O) groups excluding carboxylic acids is 2. The molecule has 0 saturated carbocycles. The average Bonchev–Trinajstić information content (AvgIpc) is 3.41. The minimum Gasteiger partial charge on any atom is -0.497 e. The molecule has 55 heavy (non-hydrogen) atoms. The summed E-state index contributed by atoms with van der Waals surface area (Å²) in [6.45, 7) is 3.99. The van der Waals surface area contributed by atoms with Gasteiger partial charge < -0.3 is 29.7 Å². The van der Waals surface area contributed by atoms with E-state index in [2.05, 4.69) is 20.5 Å². The highest BCUT2D eigenvalue weighted by atomic mass is 32.2. The summed E-state index contributed by atoms with van der Waals surface area (Å²) in [6.07, 6.45) is 2.61. The third-order valence-corrected chi connectivity index (χ3v) is 12.8. The van der Waals surface area contributed by atoms with Crippen LogP contribution < -0.4 is 29.1 Å². The van der Waals surface area contributed by atoms with Gasteiger partial charge in [-0.05, 0) is 75.3 Å². The van der Waals surface area contributed by atoms with E-state index in [-0.39, 0.29) is 89.9 Å². The Morgan fingerprint density at radius 2 is 1.85 bits per heavy atom. The molecule has 0 aliphatic carbocycles. The van der Waals surface area contributed by atoms with Gasteiger partial charge in [0.15, 0.2) is 5.54 Å². The number of amides is 3. The summed E-state index contributed by atoms with van der Waals surface area (Å²) in [5, 5.41) is 16.2. The van der Waals surface area contributed by atoms with E-state index in [0.29, 0.717) is 10.1 Å². The zero-order chi connectivity index (χ0) is 39.1. The van der Waals surface area contributed by atoms with Crippen molar-refractivity contribution in [3.8, 4) is 23.4 Å². The number of ether oxygens (including phenoxy) is 3. The number of nitrogens with one attached hydrogen (secondary N) is 2. The lowest BCUT2D eigenvalue weighted by Gasteiger charge is -2.53. The Labute approximate surface area is 318 Å². The van der Waals surface area contributed by atoms with Gasteiger partial charge in [0.25, 0.3) is 21.9 Å².